The number of benzene rings is 2. The molecule has 0 radical (unpaired) electrons. The van der Waals surface area contributed by atoms with Crippen molar-refractivity contribution in [1.82, 2.24) is 4.90 Å². The van der Waals surface area contributed by atoms with E-state index in [2.05, 4.69) is 0 Å². The molecule has 1 fully saturated rings. The summed E-state index contributed by atoms with van der Waals surface area (Å²) in [7, 11) is 0. The van der Waals surface area contributed by atoms with Crippen LogP contribution in [0, 0.1) is 0 Å². The van der Waals surface area contributed by atoms with Crippen LogP contribution in [0.4, 0.5) is 0 Å². The first kappa shape index (κ1) is 22.4. The number of hydrogen-bond acceptors (Lipinski definition) is 5. The van der Waals surface area contributed by atoms with Crippen molar-refractivity contribution in [3.63, 3.8) is 0 Å². The monoisotopic (exact) mass is 423 g/mol. The molecule has 0 aliphatic carbocycles. The molecule has 1 saturated heterocycles. The van der Waals surface area contributed by atoms with Gasteiger partial charge in [-0.3, -0.25) is 9.59 Å². The van der Waals surface area contributed by atoms with Crippen molar-refractivity contribution in [2.45, 2.75) is 39.7 Å². The van der Waals surface area contributed by atoms with Gasteiger partial charge in [0.2, 0.25) is 0 Å². The maximum atomic E-state index is 12.9. The van der Waals surface area contributed by atoms with Crippen molar-refractivity contribution >= 4 is 17.4 Å². The molecule has 6 heteroatoms. The van der Waals surface area contributed by atoms with Crippen LogP contribution in [0.15, 0.2) is 54.1 Å². The second-order valence-electron chi connectivity index (χ2n) is 7.37. The Morgan fingerprint density at radius 1 is 0.903 bits per heavy atom. The molecule has 31 heavy (non-hydrogen) atoms. The summed E-state index contributed by atoms with van der Waals surface area (Å²) in [5.74, 6) is -0.0477. The zero-order chi connectivity index (χ0) is 22.4. The second kappa shape index (κ2) is 10.2. The van der Waals surface area contributed by atoms with E-state index in [1.165, 1.54) is 4.90 Å². The smallest absolute Gasteiger partial charge is 0.295 e. The summed E-state index contributed by atoms with van der Waals surface area (Å²) in [4.78, 5) is 27.2. The van der Waals surface area contributed by atoms with Crippen LogP contribution in [-0.2, 0) is 9.59 Å². The Kier molecular flexibility index (Phi) is 7.34. The molecule has 0 bridgehead atoms. The van der Waals surface area contributed by atoms with Crippen molar-refractivity contribution in [2.24, 2.45) is 0 Å². The van der Waals surface area contributed by atoms with E-state index in [1.807, 2.05) is 45.0 Å². The van der Waals surface area contributed by atoms with Gasteiger partial charge in [-0.1, -0.05) is 26.0 Å². The summed E-state index contributed by atoms with van der Waals surface area (Å²) in [6, 6.07) is 13.5. The topological polar surface area (TPSA) is 76.1 Å². The molecular formula is C25H29NO5. The lowest BCUT2D eigenvalue weighted by molar-refractivity contribution is -0.139. The third kappa shape index (κ3) is 4.74. The molecular weight excluding hydrogens is 394 g/mol. The van der Waals surface area contributed by atoms with Crippen LogP contribution in [-0.4, -0.2) is 41.5 Å². The van der Waals surface area contributed by atoms with Gasteiger partial charge in [0.1, 0.15) is 17.3 Å². The highest BCUT2D eigenvalue weighted by Gasteiger charge is 2.45. The molecule has 1 N–H and O–H groups in total. The van der Waals surface area contributed by atoms with E-state index in [9.17, 15) is 14.7 Å². The number of carbonyl (C=O) groups excluding carboxylic acids is 2. The van der Waals surface area contributed by atoms with Crippen LogP contribution < -0.4 is 9.47 Å². The van der Waals surface area contributed by atoms with Gasteiger partial charge in [-0.15, -0.1) is 0 Å². The molecule has 1 amide bonds. The van der Waals surface area contributed by atoms with E-state index in [4.69, 9.17) is 9.47 Å². The predicted molar refractivity (Wildman–Crippen MR) is 119 cm³/mol. The summed E-state index contributed by atoms with van der Waals surface area (Å²) >= 11 is 0. The predicted octanol–water partition coefficient (Wildman–Crippen LogP) is 4.71. The molecule has 0 spiro atoms. The molecule has 2 aromatic rings. The number of aliphatic hydroxyl groups is 1. The first-order valence-electron chi connectivity index (χ1n) is 10.8. The molecule has 3 rings (SSSR count). The first-order chi connectivity index (χ1) is 15.0. The van der Waals surface area contributed by atoms with Gasteiger partial charge in [0.05, 0.1) is 24.8 Å². The van der Waals surface area contributed by atoms with E-state index in [-0.39, 0.29) is 11.3 Å². The van der Waals surface area contributed by atoms with Gasteiger partial charge in [0, 0.05) is 12.1 Å². The third-order valence-electron chi connectivity index (χ3n) is 5.11. The highest BCUT2D eigenvalue weighted by Crippen LogP contribution is 2.40. The number of ketones is 1. The summed E-state index contributed by atoms with van der Waals surface area (Å²) < 4.78 is 11.1. The number of rotatable bonds is 9. The number of carbonyl (C=O) groups is 2. The lowest BCUT2D eigenvalue weighted by Gasteiger charge is -2.25. The van der Waals surface area contributed by atoms with Crippen LogP contribution in [0.2, 0.25) is 0 Å². The third-order valence-corrected chi connectivity index (χ3v) is 5.11. The van der Waals surface area contributed by atoms with Gasteiger partial charge in [0.15, 0.2) is 0 Å². The molecule has 1 atom stereocenters. The van der Waals surface area contributed by atoms with Crippen molar-refractivity contribution in [3.05, 3.63) is 65.2 Å². The van der Waals surface area contributed by atoms with Crippen molar-refractivity contribution in [3.8, 4) is 11.5 Å². The molecule has 1 unspecified atom stereocenters. The Morgan fingerprint density at radius 2 is 1.52 bits per heavy atom. The Bertz CT molecular complexity index is 947. The van der Waals surface area contributed by atoms with Gasteiger partial charge in [-0.2, -0.15) is 0 Å². The van der Waals surface area contributed by atoms with Crippen LogP contribution >= 0.6 is 0 Å². The van der Waals surface area contributed by atoms with Crippen LogP contribution in [0.5, 0.6) is 11.5 Å². The van der Waals surface area contributed by atoms with Gasteiger partial charge in [0.25, 0.3) is 11.7 Å². The minimum absolute atomic E-state index is 0.102. The number of Topliss-reactive ketones (excluding diaryl/α,β-unsaturated/α-hetero) is 1. The molecule has 1 heterocycles. The SMILES string of the molecule is CCCOc1ccc(/C(O)=C2/C(=O)C(=O)N(CCC)C2c2ccc(OCC)cc2)cc1. The fraction of sp³-hybridized carbons (Fsp3) is 0.360. The average molecular weight is 424 g/mol. The average Bonchev–Trinajstić information content (AvgIpc) is 3.03. The van der Waals surface area contributed by atoms with E-state index in [1.54, 1.807) is 24.3 Å². The number of aliphatic hydroxyl groups excluding tert-OH is 1. The number of amides is 1. The van der Waals surface area contributed by atoms with E-state index < -0.39 is 17.7 Å². The number of nitrogens with zero attached hydrogens (tertiary/aromatic N) is 1. The van der Waals surface area contributed by atoms with Crippen LogP contribution in [0.3, 0.4) is 0 Å². The van der Waals surface area contributed by atoms with E-state index >= 15 is 0 Å². The highest BCUT2D eigenvalue weighted by atomic mass is 16.5. The molecule has 6 nitrogen and oxygen atoms in total. The fourth-order valence-corrected chi connectivity index (χ4v) is 3.70. The lowest BCUT2D eigenvalue weighted by Crippen LogP contribution is -2.30. The largest absolute Gasteiger partial charge is 0.507 e. The van der Waals surface area contributed by atoms with Gasteiger partial charge >= 0.3 is 0 Å². The molecule has 1 aliphatic rings. The Balaban J connectivity index is 2.03. The van der Waals surface area contributed by atoms with Crippen LogP contribution in [0.1, 0.15) is 50.8 Å². The van der Waals surface area contributed by atoms with E-state index in [0.29, 0.717) is 43.2 Å². The van der Waals surface area contributed by atoms with Gasteiger partial charge in [-0.25, -0.2) is 0 Å². The minimum atomic E-state index is -0.670. The molecule has 2 aromatic carbocycles. The fourth-order valence-electron chi connectivity index (χ4n) is 3.70. The number of likely N-dealkylation sites (tertiary alicyclic amines) is 1. The summed E-state index contributed by atoms with van der Waals surface area (Å²) in [5, 5.41) is 11.0. The maximum Gasteiger partial charge on any atom is 0.295 e. The quantitative estimate of drug-likeness (QED) is 0.359. The summed E-state index contributed by atoms with van der Waals surface area (Å²) in [6.45, 7) is 7.45. The molecule has 0 aromatic heterocycles. The minimum Gasteiger partial charge on any atom is -0.507 e. The Labute approximate surface area is 183 Å². The van der Waals surface area contributed by atoms with E-state index in [0.717, 1.165) is 12.0 Å². The zero-order valence-corrected chi connectivity index (χ0v) is 18.3. The maximum absolute atomic E-state index is 12.9. The normalized spacial score (nSPS) is 17.8. The number of hydrogen-bond donors (Lipinski definition) is 1. The molecule has 1 aliphatic heterocycles. The van der Waals surface area contributed by atoms with Crippen molar-refractivity contribution < 1.29 is 24.2 Å². The standard InChI is InChI=1S/C25H29NO5/c1-4-15-26-22(17-7-11-19(12-8-17)30-6-3)21(24(28)25(26)29)23(27)18-9-13-20(14-10-18)31-16-5-2/h7-14,22,27H,4-6,15-16H2,1-3H3/b23-21-. The lowest BCUT2D eigenvalue weighted by atomic mass is 9.95. The van der Waals surface area contributed by atoms with Crippen molar-refractivity contribution in [1.29, 1.82) is 0 Å². The Hall–Kier alpha value is -3.28. The van der Waals surface area contributed by atoms with Crippen LogP contribution in [0.25, 0.3) is 5.76 Å². The van der Waals surface area contributed by atoms with Gasteiger partial charge in [-0.05, 0) is 61.7 Å². The molecule has 164 valence electrons. The Morgan fingerprint density at radius 3 is 2.10 bits per heavy atom. The summed E-state index contributed by atoms with van der Waals surface area (Å²) in [6.07, 6.45) is 1.59. The van der Waals surface area contributed by atoms with Crippen molar-refractivity contribution in [2.75, 3.05) is 19.8 Å². The number of ether oxygens (including phenoxy) is 2. The zero-order valence-electron chi connectivity index (χ0n) is 18.3. The second-order valence-corrected chi connectivity index (χ2v) is 7.37. The molecule has 0 saturated carbocycles. The summed E-state index contributed by atoms with van der Waals surface area (Å²) in [5.41, 5.74) is 1.32. The van der Waals surface area contributed by atoms with Gasteiger partial charge < -0.3 is 19.5 Å². The highest BCUT2D eigenvalue weighted by molar-refractivity contribution is 6.46. The first-order valence-corrected chi connectivity index (χ1v) is 10.8.